The molecule has 3 aromatic rings. The molecule has 0 aliphatic heterocycles. The van der Waals surface area contributed by atoms with Crippen molar-refractivity contribution >= 4 is 38.6 Å². The van der Waals surface area contributed by atoms with Crippen molar-refractivity contribution in [3.05, 3.63) is 60.2 Å². The standard InChI is InChI=1S/C19H18N2O3S/c1-21(19-20-15-9-5-6-10-16(15)25-19)18(24)14(12-17(22)23)11-13-7-3-2-4-8-13/h2-10,14H,11-12H2,1H3,(H,22,23). The van der Waals surface area contributed by atoms with Crippen LogP contribution in [0.1, 0.15) is 12.0 Å². The summed E-state index contributed by atoms with van der Waals surface area (Å²) in [6.07, 6.45) is 0.185. The zero-order valence-electron chi connectivity index (χ0n) is 13.8. The number of hydrogen-bond donors (Lipinski definition) is 1. The summed E-state index contributed by atoms with van der Waals surface area (Å²) in [5.74, 6) is -1.84. The first-order valence-corrected chi connectivity index (χ1v) is 8.75. The molecule has 2 aromatic carbocycles. The number of anilines is 1. The van der Waals surface area contributed by atoms with E-state index in [2.05, 4.69) is 4.98 Å². The second-order valence-electron chi connectivity index (χ2n) is 5.85. The maximum atomic E-state index is 12.9. The van der Waals surface area contributed by atoms with Crippen molar-refractivity contribution < 1.29 is 14.7 Å². The third-order valence-corrected chi connectivity index (χ3v) is 5.11. The lowest BCUT2D eigenvalue weighted by Gasteiger charge is -2.21. The van der Waals surface area contributed by atoms with Crippen molar-refractivity contribution in [1.29, 1.82) is 0 Å². The van der Waals surface area contributed by atoms with Gasteiger partial charge in [0.2, 0.25) is 5.91 Å². The van der Waals surface area contributed by atoms with E-state index in [0.29, 0.717) is 11.6 Å². The highest BCUT2D eigenvalue weighted by atomic mass is 32.1. The fourth-order valence-electron chi connectivity index (χ4n) is 2.73. The van der Waals surface area contributed by atoms with E-state index in [0.717, 1.165) is 15.8 Å². The fraction of sp³-hybridized carbons (Fsp3) is 0.211. The summed E-state index contributed by atoms with van der Waals surface area (Å²) < 4.78 is 0.995. The molecule has 0 aliphatic rings. The third-order valence-electron chi connectivity index (χ3n) is 4.00. The summed E-state index contributed by atoms with van der Waals surface area (Å²) in [5.41, 5.74) is 1.78. The number of rotatable bonds is 6. The first-order chi connectivity index (χ1) is 12.0. The van der Waals surface area contributed by atoms with Gasteiger partial charge in [-0.3, -0.25) is 14.5 Å². The molecule has 3 rings (SSSR count). The first-order valence-electron chi connectivity index (χ1n) is 7.93. The largest absolute Gasteiger partial charge is 0.481 e. The van der Waals surface area contributed by atoms with Crippen LogP contribution in [-0.2, 0) is 16.0 Å². The topological polar surface area (TPSA) is 70.5 Å². The Hall–Kier alpha value is -2.73. The van der Waals surface area contributed by atoms with Gasteiger partial charge in [-0.15, -0.1) is 0 Å². The lowest BCUT2D eigenvalue weighted by atomic mass is 9.95. The molecule has 0 radical (unpaired) electrons. The van der Waals surface area contributed by atoms with Gasteiger partial charge < -0.3 is 5.11 Å². The number of carbonyl (C=O) groups is 2. The molecule has 1 heterocycles. The van der Waals surface area contributed by atoms with Gasteiger partial charge in [-0.2, -0.15) is 0 Å². The predicted molar refractivity (Wildman–Crippen MR) is 98.9 cm³/mol. The van der Waals surface area contributed by atoms with Crippen molar-refractivity contribution in [2.45, 2.75) is 12.8 Å². The Morgan fingerprint density at radius 1 is 1.12 bits per heavy atom. The fourth-order valence-corrected chi connectivity index (χ4v) is 3.66. The average Bonchev–Trinajstić information content (AvgIpc) is 3.04. The monoisotopic (exact) mass is 354 g/mol. The van der Waals surface area contributed by atoms with Gasteiger partial charge in [0.15, 0.2) is 5.13 Å². The summed E-state index contributed by atoms with van der Waals surface area (Å²) in [5, 5.41) is 9.77. The molecular weight excluding hydrogens is 336 g/mol. The van der Waals surface area contributed by atoms with Gasteiger partial charge in [0.1, 0.15) is 0 Å². The normalized spacial score (nSPS) is 12.0. The van der Waals surface area contributed by atoms with E-state index in [1.54, 1.807) is 7.05 Å². The van der Waals surface area contributed by atoms with Crippen LogP contribution in [0.25, 0.3) is 10.2 Å². The number of aromatic nitrogens is 1. The predicted octanol–water partition coefficient (Wildman–Crippen LogP) is 3.59. The lowest BCUT2D eigenvalue weighted by Crippen LogP contribution is -2.35. The zero-order valence-corrected chi connectivity index (χ0v) is 14.6. The third kappa shape index (κ3) is 4.03. The molecule has 5 nitrogen and oxygen atoms in total. The molecule has 1 atom stereocenters. The van der Waals surface area contributed by atoms with Gasteiger partial charge in [-0.25, -0.2) is 4.98 Å². The van der Waals surface area contributed by atoms with Gasteiger partial charge >= 0.3 is 5.97 Å². The molecule has 0 aliphatic carbocycles. The molecular formula is C19H18N2O3S. The van der Waals surface area contributed by atoms with Crippen LogP contribution < -0.4 is 4.90 Å². The Kier molecular flexibility index (Phi) is 5.09. The Morgan fingerprint density at radius 3 is 2.48 bits per heavy atom. The number of hydrogen-bond acceptors (Lipinski definition) is 4. The average molecular weight is 354 g/mol. The number of fused-ring (bicyclic) bond motifs is 1. The minimum absolute atomic E-state index is 0.205. The van der Waals surface area contributed by atoms with Crippen molar-refractivity contribution in [3.8, 4) is 0 Å². The van der Waals surface area contributed by atoms with Gasteiger partial charge in [0.25, 0.3) is 0 Å². The van der Waals surface area contributed by atoms with Crippen LogP contribution >= 0.6 is 11.3 Å². The Balaban J connectivity index is 1.83. The summed E-state index contributed by atoms with van der Waals surface area (Å²) in [6.45, 7) is 0. The van der Waals surface area contributed by atoms with Gasteiger partial charge in [-0.05, 0) is 24.1 Å². The highest BCUT2D eigenvalue weighted by Crippen LogP contribution is 2.29. The number of thiazole rings is 1. The van der Waals surface area contributed by atoms with E-state index in [1.807, 2.05) is 54.6 Å². The smallest absolute Gasteiger partial charge is 0.304 e. The van der Waals surface area contributed by atoms with E-state index in [9.17, 15) is 14.7 Å². The van der Waals surface area contributed by atoms with Crippen LogP contribution in [0.2, 0.25) is 0 Å². The highest BCUT2D eigenvalue weighted by Gasteiger charge is 2.27. The van der Waals surface area contributed by atoms with Crippen LogP contribution in [0.4, 0.5) is 5.13 Å². The Morgan fingerprint density at radius 2 is 1.80 bits per heavy atom. The summed E-state index contributed by atoms with van der Waals surface area (Å²) in [6, 6.07) is 17.1. The van der Waals surface area contributed by atoms with E-state index in [4.69, 9.17) is 0 Å². The van der Waals surface area contributed by atoms with Crippen LogP contribution in [0.15, 0.2) is 54.6 Å². The molecule has 128 valence electrons. The number of carbonyl (C=O) groups excluding carboxylic acids is 1. The van der Waals surface area contributed by atoms with Crippen molar-refractivity contribution in [2.75, 3.05) is 11.9 Å². The molecule has 25 heavy (non-hydrogen) atoms. The summed E-state index contributed by atoms with van der Waals surface area (Å²) in [7, 11) is 1.65. The molecule has 0 spiro atoms. The van der Waals surface area contributed by atoms with Crippen molar-refractivity contribution in [1.82, 2.24) is 4.98 Å². The molecule has 0 saturated heterocycles. The number of carboxylic acid groups (broad SMARTS) is 1. The molecule has 0 saturated carbocycles. The van der Waals surface area contributed by atoms with Crippen LogP contribution in [0.5, 0.6) is 0 Å². The number of aliphatic carboxylic acids is 1. The lowest BCUT2D eigenvalue weighted by molar-refractivity contribution is -0.140. The number of amides is 1. The Bertz CT molecular complexity index is 859. The van der Waals surface area contributed by atoms with Gasteiger partial charge in [0.05, 0.1) is 22.6 Å². The van der Waals surface area contributed by atoms with Crippen LogP contribution in [-0.4, -0.2) is 29.0 Å². The molecule has 1 unspecified atom stereocenters. The second kappa shape index (κ2) is 7.44. The minimum atomic E-state index is -0.980. The quantitative estimate of drug-likeness (QED) is 0.734. The van der Waals surface area contributed by atoms with Crippen LogP contribution in [0.3, 0.4) is 0 Å². The van der Waals surface area contributed by atoms with E-state index in [1.165, 1.54) is 16.2 Å². The number of benzene rings is 2. The maximum absolute atomic E-state index is 12.9. The summed E-state index contributed by atoms with van der Waals surface area (Å²) >= 11 is 1.42. The van der Waals surface area contributed by atoms with Crippen LogP contribution in [0, 0.1) is 5.92 Å². The molecule has 0 fully saturated rings. The molecule has 1 N–H and O–H groups in total. The van der Waals surface area contributed by atoms with Gasteiger partial charge in [-0.1, -0.05) is 53.8 Å². The number of para-hydroxylation sites is 1. The summed E-state index contributed by atoms with van der Waals surface area (Å²) in [4.78, 5) is 30.1. The molecule has 1 aromatic heterocycles. The Labute approximate surface area is 149 Å². The van der Waals surface area contributed by atoms with E-state index < -0.39 is 11.9 Å². The number of nitrogens with zero attached hydrogens (tertiary/aromatic N) is 2. The first kappa shape index (κ1) is 17.1. The minimum Gasteiger partial charge on any atom is -0.481 e. The van der Waals surface area contributed by atoms with Crippen molar-refractivity contribution in [2.24, 2.45) is 5.92 Å². The maximum Gasteiger partial charge on any atom is 0.304 e. The molecule has 6 heteroatoms. The van der Waals surface area contributed by atoms with E-state index in [-0.39, 0.29) is 12.3 Å². The highest BCUT2D eigenvalue weighted by molar-refractivity contribution is 7.22. The molecule has 1 amide bonds. The molecule has 0 bridgehead atoms. The SMILES string of the molecule is CN(C(=O)C(CC(=O)O)Cc1ccccc1)c1nc2ccccc2s1. The number of carboxylic acids is 1. The van der Waals surface area contributed by atoms with Crippen molar-refractivity contribution in [3.63, 3.8) is 0 Å². The van der Waals surface area contributed by atoms with E-state index >= 15 is 0 Å². The zero-order chi connectivity index (χ0) is 17.8. The second-order valence-corrected chi connectivity index (χ2v) is 6.86. The van der Waals surface area contributed by atoms with Gasteiger partial charge in [0, 0.05) is 7.05 Å².